The Hall–Kier alpha value is -1.81. The van der Waals surface area contributed by atoms with E-state index in [4.69, 9.17) is 4.74 Å². The lowest BCUT2D eigenvalue weighted by molar-refractivity contribution is 0.415. The van der Waals surface area contributed by atoms with Crippen LogP contribution in [0.1, 0.15) is 24.0 Å². The normalized spacial score (nSPS) is 11.3. The number of nitrogens with zero attached hydrogens (tertiary/aromatic N) is 1. The van der Waals surface area contributed by atoms with Gasteiger partial charge in [-0.15, -0.1) is 0 Å². The summed E-state index contributed by atoms with van der Waals surface area (Å²) in [5, 5.41) is 2.51. The number of alkyl halides is 1. The maximum atomic E-state index is 13.0. The molecule has 4 heteroatoms. The highest BCUT2D eigenvalue weighted by molar-refractivity contribution is 9.09. The van der Waals surface area contributed by atoms with E-state index in [9.17, 15) is 4.79 Å². The molecule has 0 N–H and O–H groups in total. The number of aromatic nitrogens is 1. The summed E-state index contributed by atoms with van der Waals surface area (Å²) in [4.78, 5) is 13.0. The smallest absolute Gasteiger partial charge is 0.197 e. The standard InChI is InChI=1S/C20H22BrNO2/c1-13-6-8-16-19(14(13)2)22(11-5-4-10-21)18-9-7-15(24-3)12-17(18)20(16)23/h6-9,12H,4-5,10-11H2,1-3H3. The van der Waals surface area contributed by atoms with Crippen molar-refractivity contribution in [3.63, 3.8) is 0 Å². The Morgan fingerprint density at radius 3 is 2.58 bits per heavy atom. The van der Waals surface area contributed by atoms with E-state index >= 15 is 0 Å². The van der Waals surface area contributed by atoms with Gasteiger partial charge in [0.1, 0.15) is 5.75 Å². The molecule has 0 unspecified atom stereocenters. The van der Waals surface area contributed by atoms with Crippen molar-refractivity contribution in [2.45, 2.75) is 33.2 Å². The molecule has 0 aliphatic rings. The second-order valence-electron chi connectivity index (χ2n) is 6.16. The van der Waals surface area contributed by atoms with Crippen molar-refractivity contribution in [3.05, 3.63) is 51.7 Å². The lowest BCUT2D eigenvalue weighted by atomic mass is 10.0. The summed E-state index contributed by atoms with van der Waals surface area (Å²) >= 11 is 3.50. The number of hydrogen-bond acceptors (Lipinski definition) is 2. The molecule has 0 radical (unpaired) electrons. The Bertz CT molecular complexity index is 959. The Morgan fingerprint density at radius 2 is 1.88 bits per heavy atom. The van der Waals surface area contributed by atoms with E-state index in [1.165, 1.54) is 11.1 Å². The number of fused-ring (bicyclic) bond motifs is 2. The molecular weight excluding hydrogens is 366 g/mol. The number of methoxy groups -OCH3 is 1. The van der Waals surface area contributed by atoms with E-state index in [2.05, 4.69) is 34.3 Å². The van der Waals surface area contributed by atoms with Crippen LogP contribution < -0.4 is 10.2 Å². The fraction of sp³-hybridized carbons (Fsp3) is 0.350. The third-order valence-electron chi connectivity index (χ3n) is 4.72. The van der Waals surface area contributed by atoms with Crippen molar-refractivity contribution < 1.29 is 4.74 Å². The van der Waals surface area contributed by atoms with E-state index < -0.39 is 0 Å². The minimum atomic E-state index is 0.0822. The van der Waals surface area contributed by atoms with Crippen LogP contribution in [-0.2, 0) is 6.54 Å². The van der Waals surface area contributed by atoms with Crippen molar-refractivity contribution in [3.8, 4) is 5.75 Å². The van der Waals surface area contributed by atoms with Crippen LogP contribution in [0.2, 0.25) is 0 Å². The largest absolute Gasteiger partial charge is 0.497 e. The predicted molar refractivity (Wildman–Crippen MR) is 105 cm³/mol. The van der Waals surface area contributed by atoms with Gasteiger partial charge in [-0.3, -0.25) is 4.79 Å². The van der Waals surface area contributed by atoms with Gasteiger partial charge in [0.15, 0.2) is 5.43 Å². The zero-order valence-corrected chi connectivity index (χ0v) is 15.9. The van der Waals surface area contributed by atoms with Gasteiger partial charge < -0.3 is 9.30 Å². The highest BCUT2D eigenvalue weighted by Crippen LogP contribution is 2.27. The van der Waals surface area contributed by atoms with Crippen LogP contribution in [-0.4, -0.2) is 17.0 Å². The Labute approximate surface area is 150 Å². The number of halogens is 1. The molecule has 24 heavy (non-hydrogen) atoms. The summed E-state index contributed by atoms with van der Waals surface area (Å²) in [6.07, 6.45) is 2.17. The summed E-state index contributed by atoms with van der Waals surface area (Å²) in [6.45, 7) is 5.10. The van der Waals surface area contributed by atoms with Crippen LogP contribution in [0.5, 0.6) is 5.75 Å². The third kappa shape index (κ3) is 2.84. The fourth-order valence-electron chi connectivity index (χ4n) is 3.25. The monoisotopic (exact) mass is 387 g/mol. The van der Waals surface area contributed by atoms with E-state index in [0.717, 1.165) is 52.3 Å². The van der Waals surface area contributed by atoms with Crippen molar-refractivity contribution in [2.24, 2.45) is 0 Å². The summed E-state index contributed by atoms with van der Waals surface area (Å²) in [5.41, 5.74) is 4.52. The molecule has 3 rings (SSSR count). The molecule has 3 aromatic rings. The molecule has 1 heterocycles. The van der Waals surface area contributed by atoms with Gasteiger partial charge in [0.2, 0.25) is 0 Å². The molecule has 0 aliphatic carbocycles. The van der Waals surface area contributed by atoms with Crippen molar-refractivity contribution in [2.75, 3.05) is 12.4 Å². The van der Waals surface area contributed by atoms with E-state index in [-0.39, 0.29) is 5.43 Å². The summed E-state index contributed by atoms with van der Waals surface area (Å²) in [5.74, 6) is 0.717. The van der Waals surface area contributed by atoms with Gasteiger partial charge in [-0.25, -0.2) is 0 Å². The predicted octanol–water partition coefficient (Wildman–Crippen LogP) is 4.96. The molecule has 0 bridgehead atoms. The third-order valence-corrected chi connectivity index (χ3v) is 5.28. The quantitative estimate of drug-likeness (QED) is 0.352. The molecule has 126 valence electrons. The Kier molecular flexibility index (Phi) is 4.95. The molecular formula is C20H22BrNO2. The number of unbranched alkanes of at least 4 members (excludes halogenated alkanes) is 1. The van der Waals surface area contributed by atoms with E-state index in [1.807, 2.05) is 30.3 Å². The minimum Gasteiger partial charge on any atom is -0.497 e. The topological polar surface area (TPSA) is 31.2 Å². The molecule has 0 spiro atoms. The van der Waals surface area contributed by atoms with Crippen molar-refractivity contribution in [1.29, 1.82) is 0 Å². The Balaban J connectivity index is 2.41. The average Bonchev–Trinajstić information content (AvgIpc) is 2.60. The molecule has 0 aliphatic heterocycles. The number of benzene rings is 2. The highest BCUT2D eigenvalue weighted by Gasteiger charge is 2.14. The molecule has 0 amide bonds. The zero-order valence-electron chi connectivity index (χ0n) is 14.4. The molecule has 3 nitrogen and oxygen atoms in total. The molecule has 0 saturated carbocycles. The molecule has 2 aromatic carbocycles. The average molecular weight is 388 g/mol. The van der Waals surface area contributed by atoms with Gasteiger partial charge in [0, 0.05) is 22.6 Å². The first-order chi connectivity index (χ1) is 11.6. The number of hydrogen-bond donors (Lipinski definition) is 0. The van der Waals surface area contributed by atoms with Crippen LogP contribution >= 0.6 is 15.9 Å². The highest BCUT2D eigenvalue weighted by atomic mass is 79.9. The van der Waals surface area contributed by atoms with Gasteiger partial charge >= 0.3 is 0 Å². The van der Waals surface area contributed by atoms with E-state index in [0.29, 0.717) is 0 Å². The Morgan fingerprint density at radius 1 is 1.08 bits per heavy atom. The first-order valence-electron chi connectivity index (χ1n) is 8.25. The fourth-order valence-corrected chi connectivity index (χ4v) is 3.65. The molecule has 0 atom stereocenters. The number of rotatable bonds is 5. The van der Waals surface area contributed by atoms with Crippen LogP contribution in [0.3, 0.4) is 0 Å². The second kappa shape index (κ2) is 6.98. The molecule has 1 aromatic heterocycles. The SMILES string of the molecule is COc1ccc2c(c1)c(=O)c1ccc(C)c(C)c1n2CCCCBr. The van der Waals surface area contributed by atoms with Gasteiger partial charge in [-0.1, -0.05) is 22.0 Å². The summed E-state index contributed by atoms with van der Waals surface area (Å²) < 4.78 is 7.62. The second-order valence-corrected chi connectivity index (χ2v) is 6.96. The van der Waals surface area contributed by atoms with E-state index in [1.54, 1.807) is 7.11 Å². The van der Waals surface area contributed by atoms with Gasteiger partial charge in [0.25, 0.3) is 0 Å². The van der Waals surface area contributed by atoms with Crippen molar-refractivity contribution in [1.82, 2.24) is 4.57 Å². The first-order valence-corrected chi connectivity index (χ1v) is 9.37. The lowest BCUT2D eigenvalue weighted by Crippen LogP contribution is -2.13. The minimum absolute atomic E-state index is 0.0822. The number of aryl methyl sites for hydroxylation is 3. The maximum Gasteiger partial charge on any atom is 0.197 e. The number of pyridine rings is 1. The van der Waals surface area contributed by atoms with Gasteiger partial charge in [-0.2, -0.15) is 0 Å². The van der Waals surface area contributed by atoms with Crippen LogP contribution in [0.25, 0.3) is 21.8 Å². The van der Waals surface area contributed by atoms with Gasteiger partial charge in [0.05, 0.1) is 18.1 Å². The molecule has 0 saturated heterocycles. The van der Waals surface area contributed by atoms with Crippen LogP contribution in [0.4, 0.5) is 0 Å². The maximum absolute atomic E-state index is 13.0. The van der Waals surface area contributed by atoms with Crippen LogP contribution in [0.15, 0.2) is 35.1 Å². The molecule has 0 fully saturated rings. The number of ether oxygens (including phenoxy) is 1. The summed E-state index contributed by atoms with van der Waals surface area (Å²) in [7, 11) is 1.63. The first kappa shape index (κ1) is 17.0. The zero-order chi connectivity index (χ0) is 17.3. The lowest BCUT2D eigenvalue weighted by Gasteiger charge is -2.18. The van der Waals surface area contributed by atoms with Crippen molar-refractivity contribution >= 4 is 37.7 Å². The van der Waals surface area contributed by atoms with Gasteiger partial charge in [-0.05, 0) is 62.1 Å². The summed E-state index contributed by atoms with van der Waals surface area (Å²) in [6, 6.07) is 9.78. The van der Waals surface area contributed by atoms with Crippen LogP contribution in [0, 0.1) is 13.8 Å².